The summed E-state index contributed by atoms with van der Waals surface area (Å²) in [5.74, 6) is -0.0982. The van der Waals surface area contributed by atoms with Gasteiger partial charge in [0.25, 0.3) is 5.91 Å². The molecule has 2 N–H and O–H groups in total. The smallest absolute Gasteiger partial charge is 0.387 e. The number of hydrogen-bond donors (Lipinski definition) is 2. The maximum absolute atomic E-state index is 12.7. The minimum atomic E-state index is -4.52. The van der Waals surface area contributed by atoms with Crippen LogP contribution >= 0.6 is 0 Å². The van der Waals surface area contributed by atoms with Crippen molar-refractivity contribution in [3.05, 3.63) is 41.2 Å². The zero-order chi connectivity index (χ0) is 15.6. The molecule has 0 radical (unpaired) electrons. The number of anilines is 2. The third-order valence-electron chi connectivity index (χ3n) is 2.73. The molecule has 2 rings (SSSR count). The molecule has 1 amide bonds. The predicted octanol–water partition coefficient (Wildman–Crippen LogP) is 3.30. The lowest BCUT2D eigenvalue weighted by atomic mass is 10.1. The number of amides is 1. The van der Waals surface area contributed by atoms with E-state index in [2.05, 4.69) is 15.8 Å². The average molecular weight is 299 g/mol. The standard InChI is InChI=1S/C13H12F3N3O2/c1-7-5-11(19-21-7)18-12(20)9-6-8(13(14,15)16)3-4-10(9)17-2/h3-6,17H,1-2H3,(H,18,19,20). The fourth-order valence-corrected chi connectivity index (χ4v) is 1.74. The Bertz CT molecular complexity index is 665. The molecule has 0 aliphatic heterocycles. The lowest BCUT2D eigenvalue weighted by Gasteiger charge is -2.12. The molecule has 0 saturated carbocycles. The zero-order valence-corrected chi connectivity index (χ0v) is 11.2. The van der Waals surface area contributed by atoms with Gasteiger partial charge in [-0.1, -0.05) is 5.16 Å². The highest BCUT2D eigenvalue weighted by atomic mass is 19.4. The van der Waals surface area contributed by atoms with Crippen molar-refractivity contribution in [2.75, 3.05) is 17.7 Å². The Hall–Kier alpha value is -2.51. The van der Waals surface area contributed by atoms with Gasteiger partial charge in [-0.15, -0.1) is 0 Å². The number of nitrogens with one attached hydrogen (secondary N) is 2. The highest BCUT2D eigenvalue weighted by molar-refractivity contribution is 6.07. The number of aromatic nitrogens is 1. The van der Waals surface area contributed by atoms with E-state index in [0.717, 1.165) is 12.1 Å². The van der Waals surface area contributed by atoms with Crippen molar-refractivity contribution in [2.45, 2.75) is 13.1 Å². The van der Waals surface area contributed by atoms with Gasteiger partial charge in [0.15, 0.2) is 5.82 Å². The number of carbonyl (C=O) groups is 1. The van der Waals surface area contributed by atoms with Gasteiger partial charge in [-0.25, -0.2) is 0 Å². The number of rotatable bonds is 3. The minimum absolute atomic E-state index is 0.132. The summed E-state index contributed by atoms with van der Waals surface area (Å²) in [6, 6.07) is 4.35. The van der Waals surface area contributed by atoms with E-state index >= 15 is 0 Å². The van der Waals surface area contributed by atoms with E-state index in [4.69, 9.17) is 4.52 Å². The molecule has 5 nitrogen and oxygen atoms in total. The maximum Gasteiger partial charge on any atom is 0.416 e. The molecule has 0 aliphatic carbocycles. The second-order valence-electron chi connectivity index (χ2n) is 4.29. The fraction of sp³-hybridized carbons (Fsp3) is 0.231. The third-order valence-corrected chi connectivity index (χ3v) is 2.73. The van der Waals surface area contributed by atoms with Crippen molar-refractivity contribution in [3.63, 3.8) is 0 Å². The molecule has 0 spiro atoms. The van der Waals surface area contributed by atoms with Gasteiger partial charge in [0, 0.05) is 18.8 Å². The summed E-state index contributed by atoms with van der Waals surface area (Å²) in [5.41, 5.74) is -0.753. The number of nitrogens with zero attached hydrogens (tertiary/aromatic N) is 1. The first-order chi connectivity index (χ1) is 9.81. The monoisotopic (exact) mass is 299 g/mol. The number of benzene rings is 1. The van der Waals surface area contributed by atoms with Crippen LogP contribution in [0.1, 0.15) is 21.7 Å². The highest BCUT2D eigenvalue weighted by Gasteiger charge is 2.31. The molecule has 1 aromatic carbocycles. The van der Waals surface area contributed by atoms with Crippen LogP contribution in [-0.2, 0) is 6.18 Å². The summed E-state index contributed by atoms with van der Waals surface area (Å²) < 4.78 is 42.9. The molecular formula is C13H12F3N3O2. The van der Waals surface area contributed by atoms with Crippen molar-refractivity contribution in [1.29, 1.82) is 0 Å². The number of carbonyl (C=O) groups excluding carboxylic acids is 1. The molecule has 0 atom stereocenters. The molecule has 0 unspecified atom stereocenters. The second kappa shape index (κ2) is 5.47. The maximum atomic E-state index is 12.7. The Balaban J connectivity index is 2.34. The van der Waals surface area contributed by atoms with Crippen LogP contribution < -0.4 is 10.6 Å². The first-order valence-corrected chi connectivity index (χ1v) is 5.95. The summed E-state index contributed by atoms with van der Waals surface area (Å²) in [5, 5.41) is 8.61. The van der Waals surface area contributed by atoms with Crippen LogP contribution in [0.4, 0.5) is 24.7 Å². The van der Waals surface area contributed by atoms with E-state index in [0.29, 0.717) is 5.76 Å². The zero-order valence-electron chi connectivity index (χ0n) is 11.2. The van der Waals surface area contributed by atoms with Crippen LogP contribution in [0.3, 0.4) is 0 Å². The van der Waals surface area contributed by atoms with Crippen molar-refractivity contribution in [1.82, 2.24) is 5.16 Å². The van der Waals surface area contributed by atoms with E-state index in [1.54, 1.807) is 6.92 Å². The minimum Gasteiger partial charge on any atom is -0.387 e. The quantitative estimate of drug-likeness (QED) is 0.912. The Morgan fingerprint density at radius 3 is 2.52 bits per heavy atom. The average Bonchev–Trinajstić information content (AvgIpc) is 2.82. The van der Waals surface area contributed by atoms with Crippen molar-refractivity contribution in [3.8, 4) is 0 Å². The SMILES string of the molecule is CNc1ccc(C(F)(F)F)cc1C(=O)Nc1cc(C)on1. The Kier molecular flexibility index (Phi) is 3.88. The highest BCUT2D eigenvalue weighted by Crippen LogP contribution is 2.32. The van der Waals surface area contributed by atoms with Gasteiger partial charge in [-0.2, -0.15) is 13.2 Å². The van der Waals surface area contributed by atoms with Gasteiger partial charge in [0.05, 0.1) is 11.1 Å². The third kappa shape index (κ3) is 3.33. The Morgan fingerprint density at radius 1 is 1.29 bits per heavy atom. The van der Waals surface area contributed by atoms with Gasteiger partial charge in [-0.05, 0) is 25.1 Å². The van der Waals surface area contributed by atoms with Crippen molar-refractivity contribution < 1.29 is 22.5 Å². The lowest BCUT2D eigenvalue weighted by molar-refractivity contribution is -0.137. The van der Waals surface area contributed by atoms with Gasteiger partial charge in [0.2, 0.25) is 0 Å². The van der Waals surface area contributed by atoms with Crippen LogP contribution in [0.2, 0.25) is 0 Å². The molecule has 112 valence electrons. The summed E-state index contributed by atoms with van der Waals surface area (Å²) in [4.78, 5) is 12.1. The first kappa shape index (κ1) is 14.9. The molecule has 0 bridgehead atoms. The number of hydrogen-bond acceptors (Lipinski definition) is 4. The van der Waals surface area contributed by atoms with Gasteiger partial charge >= 0.3 is 6.18 Å². The van der Waals surface area contributed by atoms with Crippen LogP contribution in [0, 0.1) is 6.92 Å². The normalized spacial score (nSPS) is 11.3. The van der Waals surface area contributed by atoms with E-state index in [1.165, 1.54) is 19.2 Å². The molecule has 1 aromatic heterocycles. The summed E-state index contributed by atoms with van der Waals surface area (Å²) in [6.07, 6.45) is -4.52. The van der Waals surface area contributed by atoms with Gasteiger partial charge in [0.1, 0.15) is 5.76 Å². The van der Waals surface area contributed by atoms with Crippen LogP contribution in [0.15, 0.2) is 28.8 Å². The van der Waals surface area contributed by atoms with E-state index in [-0.39, 0.29) is 17.1 Å². The Labute approximate surface area is 118 Å². The molecular weight excluding hydrogens is 287 g/mol. The van der Waals surface area contributed by atoms with Crippen LogP contribution in [-0.4, -0.2) is 18.1 Å². The van der Waals surface area contributed by atoms with Crippen molar-refractivity contribution in [2.24, 2.45) is 0 Å². The molecule has 0 aliphatic rings. The number of halogens is 3. The topological polar surface area (TPSA) is 67.2 Å². The first-order valence-electron chi connectivity index (χ1n) is 5.95. The molecule has 21 heavy (non-hydrogen) atoms. The summed E-state index contributed by atoms with van der Waals surface area (Å²) >= 11 is 0. The predicted molar refractivity (Wildman–Crippen MR) is 70.2 cm³/mol. The number of alkyl halides is 3. The molecule has 0 saturated heterocycles. The molecule has 1 heterocycles. The summed E-state index contributed by atoms with van der Waals surface area (Å²) in [6.45, 7) is 1.63. The van der Waals surface area contributed by atoms with Crippen LogP contribution in [0.25, 0.3) is 0 Å². The molecule has 8 heteroatoms. The van der Waals surface area contributed by atoms with Crippen LogP contribution in [0.5, 0.6) is 0 Å². The second-order valence-corrected chi connectivity index (χ2v) is 4.29. The fourth-order valence-electron chi connectivity index (χ4n) is 1.74. The Morgan fingerprint density at radius 2 is 2.00 bits per heavy atom. The summed E-state index contributed by atoms with van der Waals surface area (Å²) in [7, 11) is 1.51. The van der Waals surface area contributed by atoms with Crippen molar-refractivity contribution >= 4 is 17.4 Å². The largest absolute Gasteiger partial charge is 0.416 e. The van der Waals surface area contributed by atoms with E-state index < -0.39 is 17.6 Å². The lowest BCUT2D eigenvalue weighted by Crippen LogP contribution is -2.16. The molecule has 0 fully saturated rings. The van der Waals surface area contributed by atoms with Gasteiger partial charge < -0.3 is 15.2 Å². The van der Waals surface area contributed by atoms with Gasteiger partial charge in [-0.3, -0.25) is 4.79 Å². The molecule has 2 aromatic rings. The van der Waals surface area contributed by atoms with E-state index in [9.17, 15) is 18.0 Å². The van der Waals surface area contributed by atoms with E-state index in [1.807, 2.05) is 0 Å². The number of aryl methyl sites for hydroxylation is 1.